The van der Waals surface area contributed by atoms with Gasteiger partial charge in [0, 0.05) is 23.9 Å². The van der Waals surface area contributed by atoms with Crippen LogP contribution < -0.4 is 4.74 Å². The quantitative estimate of drug-likeness (QED) is 0.488. The van der Waals surface area contributed by atoms with Crippen molar-refractivity contribution in [3.8, 4) is 11.6 Å². The predicted molar refractivity (Wildman–Crippen MR) is 62.7 cm³/mol. The molecular weight excluding hydrogens is 274 g/mol. The molecule has 102 valence electrons. The number of nitrogens with zero attached hydrogens (tertiary/aromatic N) is 2. The molecule has 0 atom stereocenters. The van der Waals surface area contributed by atoms with Gasteiger partial charge in [0.1, 0.15) is 0 Å². The van der Waals surface area contributed by atoms with E-state index in [4.69, 9.17) is 4.74 Å². The Bertz CT molecular complexity index is 674. The molecule has 1 heterocycles. The number of ether oxygens (including phenoxy) is 1. The van der Waals surface area contributed by atoms with Gasteiger partial charge in [-0.2, -0.15) is 4.39 Å². The molecule has 0 bridgehead atoms. The molecule has 0 radical (unpaired) electrons. The Morgan fingerprint density at radius 1 is 1.25 bits per heavy atom. The van der Waals surface area contributed by atoms with Crippen LogP contribution in [0.4, 0.5) is 14.5 Å². The highest BCUT2D eigenvalue weighted by molar-refractivity contribution is 5.74. The molecule has 8 heteroatoms. The van der Waals surface area contributed by atoms with Crippen molar-refractivity contribution in [2.75, 3.05) is 0 Å². The first-order valence-electron chi connectivity index (χ1n) is 5.24. The molecule has 1 aromatic carbocycles. The fourth-order valence-electron chi connectivity index (χ4n) is 1.37. The molecule has 0 aliphatic heterocycles. The van der Waals surface area contributed by atoms with Crippen molar-refractivity contribution in [1.82, 2.24) is 4.98 Å². The third kappa shape index (κ3) is 2.74. The highest BCUT2D eigenvalue weighted by Crippen LogP contribution is 2.29. The Hall–Kier alpha value is -2.90. The molecule has 2 aromatic rings. The zero-order chi connectivity index (χ0) is 14.7. The molecule has 6 nitrogen and oxygen atoms in total. The van der Waals surface area contributed by atoms with Crippen LogP contribution in [0.3, 0.4) is 0 Å². The van der Waals surface area contributed by atoms with Crippen LogP contribution in [0.1, 0.15) is 10.4 Å². The van der Waals surface area contributed by atoms with Crippen molar-refractivity contribution in [3.05, 3.63) is 57.8 Å². The van der Waals surface area contributed by atoms with Gasteiger partial charge >= 0.3 is 5.69 Å². The van der Waals surface area contributed by atoms with E-state index in [1.807, 2.05) is 0 Å². The van der Waals surface area contributed by atoms with Gasteiger partial charge in [-0.15, -0.1) is 0 Å². The number of nitro benzene ring substituents is 1. The minimum atomic E-state index is -1.23. The van der Waals surface area contributed by atoms with E-state index in [1.165, 1.54) is 18.3 Å². The smallest absolute Gasteiger partial charge is 0.307 e. The summed E-state index contributed by atoms with van der Waals surface area (Å²) in [6.45, 7) is 0. The molecule has 0 saturated heterocycles. The molecule has 0 saturated carbocycles. The number of aldehydes is 1. The van der Waals surface area contributed by atoms with Gasteiger partial charge in [-0.05, 0) is 6.07 Å². The summed E-state index contributed by atoms with van der Waals surface area (Å²) in [6, 6.07) is 3.63. The Balaban J connectivity index is 2.31. The van der Waals surface area contributed by atoms with E-state index in [0.717, 1.165) is 0 Å². The van der Waals surface area contributed by atoms with E-state index < -0.39 is 28.0 Å². The van der Waals surface area contributed by atoms with Crippen molar-refractivity contribution in [2.24, 2.45) is 0 Å². The van der Waals surface area contributed by atoms with Gasteiger partial charge < -0.3 is 4.74 Å². The monoisotopic (exact) mass is 280 g/mol. The molecule has 0 aliphatic rings. The molecule has 0 unspecified atom stereocenters. The third-order valence-electron chi connectivity index (χ3n) is 2.31. The maximum atomic E-state index is 13.5. The summed E-state index contributed by atoms with van der Waals surface area (Å²) in [5.41, 5.74) is -0.702. The van der Waals surface area contributed by atoms with Crippen LogP contribution in [0.5, 0.6) is 11.6 Å². The lowest BCUT2D eigenvalue weighted by molar-refractivity contribution is -0.387. The number of rotatable bonds is 4. The highest BCUT2D eigenvalue weighted by atomic mass is 19.1. The van der Waals surface area contributed by atoms with Crippen LogP contribution in [0.25, 0.3) is 0 Å². The second-order valence-electron chi connectivity index (χ2n) is 3.64. The van der Waals surface area contributed by atoms with E-state index in [-0.39, 0.29) is 11.4 Å². The van der Waals surface area contributed by atoms with Crippen LogP contribution in [0.15, 0.2) is 30.5 Å². The van der Waals surface area contributed by atoms with Crippen LogP contribution in [-0.2, 0) is 0 Å². The normalized spacial score (nSPS) is 10.1. The summed E-state index contributed by atoms with van der Waals surface area (Å²) in [4.78, 5) is 23.5. The van der Waals surface area contributed by atoms with Crippen LogP contribution in [0, 0.1) is 21.7 Å². The number of carbonyl (C=O) groups excluding carboxylic acids is 1. The van der Waals surface area contributed by atoms with Gasteiger partial charge in [-0.1, -0.05) is 0 Å². The van der Waals surface area contributed by atoms with Gasteiger partial charge in [0.05, 0.1) is 11.0 Å². The molecular formula is C12H6F2N2O4. The Morgan fingerprint density at radius 3 is 2.55 bits per heavy atom. The molecule has 0 fully saturated rings. The summed E-state index contributed by atoms with van der Waals surface area (Å²) in [5.74, 6) is -2.95. The summed E-state index contributed by atoms with van der Waals surface area (Å²) in [6.07, 6.45) is 1.74. The number of nitro groups is 1. The number of pyridine rings is 1. The van der Waals surface area contributed by atoms with Crippen molar-refractivity contribution in [1.29, 1.82) is 0 Å². The number of hydrogen-bond donors (Lipinski definition) is 0. The number of aromatic nitrogens is 1. The van der Waals surface area contributed by atoms with E-state index in [1.54, 1.807) is 0 Å². The lowest BCUT2D eigenvalue weighted by atomic mass is 10.3. The fourth-order valence-corrected chi connectivity index (χ4v) is 1.37. The minimum Gasteiger partial charge on any atom is -0.436 e. The summed E-state index contributed by atoms with van der Waals surface area (Å²) in [7, 11) is 0. The van der Waals surface area contributed by atoms with Crippen molar-refractivity contribution < 1.29 is 23.2 Å². The van der Waals surface area contributed by atoms with Gasteiger partial charge in [0.25, 0.3) is 0 Å². The Labute approximate surface area is 110 Å². The Morgan fingerprint density at radius 2 is 2.00 bits per heavy atom. The zero-order valence-corrected chi connectivity index (χ0v) is 9.75. The van der Waals surface area contributed by atoms with E-state index in [2.05, 4.69) is 4.98 Å². The van der Waals surface area contributed by atoms with Crippen LogP contribution in [0.2, 0.25) is 0 Å². The molecule has 0 amide bonds. The molecule has 2 rings (SSSR count). The second kappa shape index (κ2) is 5.39. The summed E-state index contributed by atoms with van der Waals surface area (Å²) >= 11 is 0. The van der Waals surface area contributed by atoms with Crippen molar-refractivity contribution >= 4 is 12.0 Å². The lowest BCUT2D eigenvalue weighted by Crippen LogP contribution is -1.97. The highest BCUT2D eigenvalue weighted by Gasteiger charge is 2.19. The number of halogens is 2. The molecule has 0 spiro atoms. The van der Waals surface area contributed by atoms with Crippen LogP contribution >= 0.6 is 0 Å². The maximum Gasteiger partial charge on any atom is 0.307 e. The first-order valence-corrected chi connectivity index (χ1v) is 5.24. The number of carbonyl (C=O) groups is 1. The van der Waals surface area contributed by atoms with Crippen molar-refractivity contribution in [2.45, 2.75) is 0 Å². The van der Waals surface area contributed by atoms with E-state index in [9.17, 15) is 23.7 Å². The first kappa shape index (κ1) is 13.5. The van der Waals surface area contributed by atoms with E-state index in [0.29, 0.717) is 18.4 Å². The second-order valence-corrected chi connectivity index (χ2v) is 3.64. The molecule has 1 aromatic heterocycles. The summed E-state index contributed by atoms with van der Waals surface area (Å²) in [5, 5.41) is 10.4. The van der Waals surface area contributed by atoms with Crippen LogP contribution in [-0.4, -0.2) is 16.2 Å². The van der Waals surface area contributed by atoms with Gasteiger partial charge in [0.2, 0.25) is 11.7 Å². The van der Waals surface area contributed by atoms with Crippen molar-refractivity contribution in [3.63, 3.8) is 0 Å². The molecule has 0 N–H and O–H groups in total. The minimum absolute atomic E-state index is 0.0808. The van der Waals surface area contributed by atoms with E-state index >= 15 is 0 Å². The molecule has 20 heavy (non-hydrogen) atoms. The largest absolute Gasteiger partial charge is 0.436 e. The Kier molecular flexibility index (Phi) is 3.65. The standard InChI is InChI=1S/C12H6F2N2O4/c13-8-4-11(9(14)3-10(8)16(18)19)20-12-2-1-7(6-17)5-15-12/h1-6H. The average molecular weight is 280 g/mol. The van der Waals surface area contributed by atoms with Gasteiger partial charge in [0.15, 0.2) is 17.9 Å². The zero-order valence-electron chi connectivity index (χ0n) is 9.75. The SMILES string of the molecule is O=Cc1ccc(Oc2cc(F)c([N+](=O)[O-])cc2F)nc1. The third-order valence-corrected chi connectivity index (χ3v) is 2.31. The van der Waals surface area contributed by atoms with Gasteiger partial charge in [-0.3, -0.25) is 14.9 Å². The van der Waals surface area contributed by atoms with Gasteiger partial charge in [-0.25, -0.2) is 9.37 Å². The number of benzene rings is 1. The number of hydrogen-bond acceptors (Lipinski definition) is 5. The fraction of sp³-hybridized carbons (Fsp3) is 0. The lowest BCUT2D eigenvalue weighted by Gasteiger charge is -2.06. The topological polar surface area (TPSA) is 82.3 Å². The molecule has 0 aliphatic carbocycles. The maximum absolute atomic E-state index is 13.5. The average Bonchev–Trinajstić information content (AvgIpc) is 2.43. The first-order chi connectivity index (χ1) is 9.51. The summed E-state index contributed by atoms with van der Waals surface area (Å²) < 4.78 is 31.8. The predicted octanol–water partition coefficient (Wildman–Crippen LogP) is 2.87.